The van der Waals surface area contributed by atoms with Gasteiger partial charge >= 0.3 is 5.97 Å². The lowest BCUT2D eigenvalue weighted by Crippen LogP contribution is -2.42. The number of aromatic nitrogens is 2. The Morgan fingerprint density at radius 1 is 1.53 bits per heavy atom. The van der Waals surface area contributed by atoms with Gasteiger partial charge in [-0.15, -0.1) is 11.8 Å². The fraction of sp³-hybridized carbons (Fsp3) is 0.636. The van der Waals surface area contributed by atoms with Crippen LogP contribution in [-0.2, 0) is 4.79 Å². The van der Waals surface area contributed by atoms with E-state index >= 15 is 0 Å². The van der Waals surface area contributed by atoms with Gasteiger partial charge in [0.05, 0.1) is 23.6 Å². The highest BCUT2D eigenvalue weighted by atomic mass is 32.2. The standard InChI is InChI=1S/C11H15N3O2S/c15-11(16)8-3-4-17-10(13-8)9-5-12-6-14(9)7-1-2-7/h5-8,10,13H,1-4H2,(H,15,16). The van der Waals surface area contributed by atoms with Crippen molar-refractivity contribution in [3.05, 3.63) is 18.2 Å². The molecular formula is C11H15N3O2S. The van der Waals surface area contributed by atoms with Crippen LogP contribution in [-0.4, -0.2) is 32.4 Å². The van der Waals surface area contributed by atoms with Crippen LogP contribution in [0, 0.1) is 0 Å². The molecule has 2 fully saturated rings. The Labute approximate surface area is 104 Å². The molecule has 1 saturated carbocycles. The molecule has 17 heavy (non-hydrogen) atoms. The number of nitrogens with one attached hydrogen (secondary N) is 1. The predicted octanol–water partition coefficient (Wildman–Crippen LogP) is 1.40. The number of imidazole rings is 1. The average molecular weight is 253 g/mol. The van der Waals surface area contributed by atoms with Gasteiger partial charge in [0.1, 0.15) is 6.04 Å². The molecule has 2 heterocycles. The molecule has 6 heteroatoms. The van der Waals surface area contributed by atoms with Crippen LogP contribution in [0.25, 0.3) is 0 Å². The second-order valence-corrected chi connectivity index (χ2v) is 5.77. The molecule has 3 rings (SSSR count). The van der Waals surface area contributed by atoms with Crippen molar-refractivity contribution in [1.29, 1.82) is 0 Å². The first-order valence-corrected chi connectivity index (χ1v) is 6.93. The van der Waals surface area contributed by atoms with Gasteiger partial charge < -0.3 is 9.67 Å². The summed E-state index contributed by atoms with van der Waals surface area (Å²) in [7, 11) is 0. The number of nitrogens with zero attached hydrogens (tertiary/aromatic N) is 2. The minimum absolute atomic E-state index is 0.0629. The van der Waals surface area contributed by atoms with E-state index in [2.05, 4.69) is 14.9 Å². The van der Waals surface area contributed by atoms with Crippen LogP contribution in [0.1, 0.15) is 36.4 Å². The van der Waals surface area contributed by atoms with Crippen LogP contribution in [0.3, 0.4) is 0 Å². The number of aliphatic carboxylic acids is 1. The molecule has 1 aliphatic carbocycles. The fourth-order valence-corrected chi connectivity index (χ4v) is 3.38. The van der Waals surface area contributed by atoms with Crippen molar-refractivity contribution in [1.82, 2.24) is 14.9 Å². The summed E-state index contributed by atoms with van der Waals surface area (Å²) in [5, 5.41) is 12.3. The van der Waals surface area contributed by atoms with Gasteiger partial charge in [0, 0.05) is 6.04 Å². The first-order valence-electron chi connectivity index (χ1n) is 5.88. The topological polar surface area (TPSA) is 67.1 Å². The van der Waals surface area contributed by atoms with E-state index < -0.39 is 12.0 Å². The average Bonchev–Trinajstić information content (AvgIpc) is 3.07. The molecule has 1 aromatic rings. The summed E-state index contributed by atoms with van der Waals surface area (Å²) in [5.74, 6) is 0.123. The molecule has 0 aromatic carbocycles. The second-order valence-electron chi connectivity index (χ2n) is 4.55. The van der Waals surface area contributed by atoms with Crippen LogP contribution < -0.4 is 5.32 Å². The van der Waals surface area contributed by atoms with E-state index in [1.165, 1.54) is 12.8 Å². The third-order valence-electron chi connectivity index (χ3n) is 3.25. The zero-order valence-electron chi connectivity index (χ0n) is 9.37. The number of carboxylic acid groups (broad SMARTS) is 1. The maximum absolute atomic E-state index is 11.0. The number of hydrogen-bond acceptors (Lipinski definition) is 4. The largest absolute Gasteiger partial charge is 0.480 e. The van der Waals surface area contributed by atoms with E-state index in [9.17, 15) is 4.79 Å². The summed E-state index contributed by atoms with van der Waals surface area (Å²) in [4.78, 5) is 15.2. The van der Waals surface area contributed by atoms with Gasteiger partial charge in [0.2, 0.25) is 0 Å². The molecule has 0 radical (unpaired) electrons. The molecule has 0 spiro atoms. The first kappa shape index (κ1) is 11.1. The molecular weight excluding hydrogens is 238 g/mol. The van der Waals surface area contributed by atoms with Crippen LogP contribution in [0.2, 0.25) is 0 Å². The third kappa shape index (κ3) is 2.19. The number of rotatable bonds is 3. The lowest BCUT2D eigenvalue weighted by atomic mass is 10.2. The molecule has 1 aromatic heterocycles. The van der Waals surface area contributed by atoms with Crippen LogP contribution >= 0.6 is 11.8 Å². The summed E-state index contributed by atoms with van der Waals surface area (Å²) >= 11 is 1.77. The molecule has 2 atom stereocenters. The van der Waals surface area contributed by atoms with Crippen molar-refractivity contribution < 1.29 is 9.90 Å². The van der Waals surface area contributed by atoms with Crippen LogP contribution in [0.5, 0.6) is 0 Å². The predicted molar refractivity (Wildman–Crippen MR) is 64.9 cm³/mol. The number of thioether (sulfide) groups is 1. The Bertz CT molecular complexity index is 430. The van der Waals surface area contributed by atoms with E-state index in [-0.39, 0.29) is 5.37 Å². The lowest BCUT2D eigenvalue weighted by molar-refractivity contribution is -0.139. The smallest absolute Gasteiger partial charge is 0.320 e. The van der Waals surface area contributed by atoms with E-state index in [1.807, 2.05) is 12.5 Å². The van der Waals surface area contributed by atoms with Crippen molar-refractivity contribution in [2.75, 3.05) is 5.75 Å². The molecule has 0 bridgehead atoms. The normalized spacial score (nSPS) is 29.2. The maximum atomic E-state index is 11.0. The maximum Gasteiger partial charge on any atom is 0.320 e. The highest BCUT2D eigenvalue weighted by molar-refractivity contribution is 7.99. The summed E-state index contributed by atoms with van der Waals surface area (Å²) in [6, 6.07) is 0.156. The van der Waals surface area contributed by atoms with Crippen molar-refractivity contribution in [2.45, 2.75) is 36.7 Å². The summed E-state index contributed by atoms with van der Waals surface area (Å²) < 4.78 is 2.19. The van der Waals surface area contributed by atoms with Crippen molar-refractivity contribution in [3.8, 4) is 0 Å². The third-order valence-corrected chi connectivity index (χ3v) is 4.43. The van der Waals surface area contributed by atoms with Gasteiger partial charge in [0.25, 0.3) is 0 Å². The minimum Gasteiger partial charge on any atom is -0.480 e. The summed E-state index contributed by atoms with van der Waals surface area (Å²) in [6.45, 7) is 0. The first-order chi connectivity index (χ1) is 8.25. The lowest BCUT2D eigenvalue weighted by Gasteiger charge is -2.28. The zero-order chi connectivity index (χ0) is 11.8. The van der Waals surface area contributed by atoms with Gasteiger partial charge in [-0.25, -0.2) is 4.98 Å². The molecule has 2 unspecified atom stereocenters. The molecule has 1 saturated heterocycles. The summed E-state index contributed by atoms with van der Waals surface area (Å²) in [5.41, 5.74) is 1.11. The molecule has 92 valence electrons. The molecule has 1 aliphatic heterocycles. The summed E-state index contributed by atoms with van der Waals surface area (Å²) in [6.07, 6.45) is 6.83. The van der Waals surface area contributed by atoms with Gasteiger partial charge in [-0.3, -0.25) is 10.1 Å². The van der Waals surface area contributed by atoms with Gasteiger partial charge in [-0.1, -0.05) is 0 Å². The second kappa shape index (κ2) is 4.34. The Balaban J connectivity index is 1.78. The molecule has 0 amide bonds. The van der Waals surface area contributed by atoms with Gasteiger partial charge in [0.15, 0.2) is 0 Å². The van der Waals surface area contributed by atoms with E-state index in [0.717, 1.165) is 11.4 Å². The highest BCUT2D eigenvalue weighted by Gasteiger charge is 2.32. The number of hydrogen-bond donors (Lipinski definition) is 2. The minimum atomic E-state index is -0.757. The quantitative estimate of drug-likeness (QED) is 0.852. The van der Waals surface area contributed by atoms with Gasteiger partial charge in [-0.05, 0) is 25.0 Å². The highest BCUT2D eigenvalue weighted by Crippen LogP contribution is 2.40. The Hall–Kier alpha value is -1.01. The van der Waals surface area contributed by atoms with Crippen molar-refractivity contribution in [3.63, 3.8) is 0 Å². The van der Waals surface area contributed by atoms with Crippen LogP contribution in [0.4, 0.5) is 0 Å². The number of carbonyl (C=O) groups is 1. The van der Waals surface area contributed by atoms with E-state index in [0.29, 0.717) is 12.5 Å². The molecule has 2 N–H and O–H groups in total. The van der Waals surface area contributed by atoms with Crippen LogP contribution in [0.15, 0.2) is 12.5 Å². The van der Waals surface area contributed by atoms with Crippen molar-refractivity contribution >= 4 is 17.7 Å². The number of carboxylic acids is 1. The molecule has 5 nitrogen and oxygen atoms in total. The fourth-order valence-electron chi connectivity index (χ4n) is 2.16. The molecule has 2 aliphatic rings. The monoisotopic (exact) mass is 253 g/mol. The Morgan fingerprint density at radius 3 is 3.06 bits per heavy atom. The Kier molecular flexibility index (Phi) is 2.84. The Morgan fingerprint density at radius 2 is 2.35 bits per heavy atom. The van der Waals surface area contributed by atoms with Gasteiger partial charge in [-0.2, -0.15) is 0 Å². The van der Waals surface area contributed by atoms with E-state index in [4.69, 9.17) is 5.11 Å². The van der Waals surface area contributed by atoms with E-state index in [1.54, 1.807) is 11.8 Å². The van der Waals surface area contributed by atoms with Crippen molar-refractivity contribution in [2.24, 2.45) is 0 Å². The SMILES string of the molecule is O=C(O)C1CCSC(c2cncn2C2CC2)N1. The zero-order valence-corrected chi connectivity index (χ0v) is 10.2.